The Kier molecular flexibility index (Phi) is 8.40. The quantitative estimate of drug-likeness (QED) is 0.407. The molecule has 0 aliphatic carbocycles. The van der Waals surface area contributed by atoms with E-state index in [0.29, 0.717) is 45.3 Å². The van der Waals surface area contributed by atoms with Crippen LogP contribution in [0.1, 0.15) is 31.5 Å². The minimum Gasteiger partial charge on any atom is -0.508 e. The van der Waals surface area contributed by atoms with Gasteiger partial charge in [-0.1, -0.05) is 44.7 Å². The molecule has 0 bridgehead atoms. The number of carbonyl (C=O) groups excluding carboxylic acids is 1. The lowest BCUT2D eigenvalue weighted by Gasteiger charge is -2.38. The maximum absolute atomic E-state index is 12.2. The van der Waals surface area contributed by atoms with Crippen LogP contribution in [0.25, 0.3) is 10.8 Å². The van der Waals surface area contributed by atoms with Crippen LogP contribution in [0.2, 0.25) is 0 Å². The summed E-state index contributed by atoms with van der Waals surface area (Å²) in [6.07, 6.45) is 3.13. The highest BCUT2D eigenvalue weighted by Gasteiger charge is 2.29. The maximum Gasteiger partial charge on any atom is 0.318 e. The molecule has 1 aromatic heterocycles. The number of amides is 1. The molecule has 40 heavy (non-hydrogen) atoms. The van der Waals surface area contributed by atoms with Crippen LogP contribution in [0.15, 0.2) is 49.1 Å². The Balaban J connectivity index is 1.46. The Morgan fingerprint density at radius 1 is 1.12 bits per heavy atom. The summed E-state index contributed by atoms with van der Waals surface area (Å²) < 4.78 is 6.26. The van der Waals surface area contributed by atoms with Gasteiger partial charge in [0.05, 0.1) is 12.2 Å². The minimum absolute atomic E-state index is 0.0342. The van der Waals surface area contributed by atoms with Gasteiger partial charge in [-0.3, -0.25) is 4.79 Å². The second kappa shape index (κ2) is 12.1. The van der Waals surface area contributed by atoms with E-state index in [1.54, 1.807) is 6.07 Å². The van der Waals surface area contributed by atoms with Crippen LogP contribution in [0, 0.1) is 0 Å². The van der Waals surface area contributed by atoms with E-state index >= 15 is 0 Å². The number of hydrogen-bond acceptors (Lipinski definition) is 8. The van der Waals surface area contributed by atoms with Crippen LogP contribution in [0.4, 0.5) is 11.5 Å². The predicted molar refractivity (Wildman–Crippen MR) is 159 cm³/mol. The molecule has 0 radical (unpaired) electrons. The Hall–Kier alpha value is -3.85. The molecule has 1 fully saturated rings. The molecule has 0 spiro atoms. The molecule has 2 aromatic carbocycles. The number of aromatic hydroxyl groups is 1. The van der Waals surface area contributed by atoms with E-state index in [1.807, 2.05) is 29.2 Å². The zero-order valence-electron chi connectivity index (χ0n) is 23.8. The van der Waals surface area contributed by atoms with Gasteiger partial charge in [-0.2, -0.15) is 9.97 Å². The van der Waals surface area contributed by atoms with Crippen LogP contribution < -0.4 is 14.5 Å². The summed E-state index contributed by atoms with van der Waals surface area (Å²) in [5, 5.41) is 12.6. The second-order valence-corrected chi connectivity index (χ2v) is 10.6. The number of likely N-dealkylation sites (N-methyl/N-ethyl adjacent to an activating group) is 1. The van der Waals surface area contributed by atoms with Gasteiger partial charge in [0, 0.05) is 61.5 Å². The smallest absolute Gasteiger partial charge is 0.318 e. The van der Waals surface area contributed by atoms with E-state index < -0.39 is 0 Å². The zero-order chi connectivity index (χ0) is 28.2. The molecule has 1 unspecified atom stereocenters. The maximum atomic E-state index is 12.2. The van der Waals surface area contributed by atoms with Gasteiger partial charge < -0.3 is 29.4 Å². The highest BCUT2D eigenvalue weighted by Crippen LogP contribution is 2.36. The summed E-state index contributed by atoms with van der Waals surface area (Å²) >= 11 is 0. The number of aromatic nitrogens is 2. The summed E-state index contributed by atoms with van der Waals surface area (Å²) in [6, 6.07) is 12.5. The van der Waals surface area contributed by atoms with E-state index in [1.165, 1.54) is 6.08 Å². The van der Waals surface area contributed by atoms with Gasteiger partial charge in [-0.25, -0.2) is 0 Å². The van der Waals surface area contributed by atoms with Gasteiger partial charge in [0.1, 0.15) is 18.2 Å². The van der Waals surface area contributed by atoms with Crippen LogP contribution in [0.5, 0.6) is 11.8 Å². The average Bonchev–Trinajstić information content (AvgIpc) is 2.99. The van der Waals surface area contributed by atoms with Crippen LogP contribution >= 0.6 is 0 Å². The Morgan fingerprint density at radius 3 is 2.62 bits per heavy atom. The SMILES string of the molecule is C=CC(=O)N1CCN(c2nc(OCC(CC)N(C)CC)nc3c2CCN(c2cc(O)cc4ccccc24)C3)CC1. The number of carbonyl (C=O) groups is 1. The molecule has 9 heteroatoms. The van der Waals surface area contributed by atoms with Crippen molar-refractivity contribution in [3.05, 3.63) is 60.3 Å². The summed E-state index contributed by atoms with van der Waals surface area (Å²) in [5.41, 5.74) is 3.07. The Morgan fingerprint density at radius 2 is 1.90 bits per heavy atom. The third-order valence-corrected chi connectivity index (χ3v) is 8.25. The highest BCUT2D eigenvalue weighted by molar-refractivity contribution is 5.95. The molecule has 0 saturated carbocycles. The molecule has 3 heterocycles. The Bertz CT molecular complexity index is 1370. The highest BCUT2D eigenvalue weighted by atomic mass is 16.5. The first-order chi connectivity index (χ1) is 19.4. The van der Waals surface area contributed by atoms with Gasteiger partial charge in [-0.15, -0.1) is 0 Å². The van der Waals surface area contributed by atoms with Crippen molar-refractivity contribution in [2.24, 2.45) is 0 Å². The lowest BCUT2D eigenvalue weighted by Crippen LogP contribution is -2.49. The van der Waals surface area contributed by atoms with Crippen molar-refractivity contribution in [1.82, 2.24) is 19.8 Å². The largest absolute Gasteiger partial charge is 0.508 e. The van der Waals surface area contributed by atoms with Gasteiger partial charge in [0.15, 0.2) is 0 Å². The molecule has 3 aromatic rings. The van der Waals surface area contributed by atoms with Gasteiger partial charge in [0.2, 0.25) is 5.91 Å². The standard InChI is InChI=1S/C31H40N6O3/c1-5-23(34(4)7-3)21-40-31-32-27-20-37(28-19-24(38)18-22-10-8-9-11-25(22)28)13-12-26(27)30(33-31)36-16-14-35(15-17-36)29(39)6-2/h6,8-11,18-19,23,38H,2,5,7,12-17,20-21H2,1,3-4H3. The molecule has 9 nitrogen and oxygen atoms in total. The molecular formula is C31H40N6O3. The van der Waals surface area contributed by atoms with E-state index in [0.717, 1.165) is 59.5 Å². The lowest BCUT2D eigenvalue weighted by atomic mass is 10.0. The lowest BCUT2D eigenvalue weighted by molar-refractivity contribution is -0.126. The van der Waals surface area contributed by atoms with Crippen molar-refractivity contribution in [3.63, 3.8) is 0 Å². The number of piperazine rings is 1. The number of benzene rings is 2. The number of rotatable bonds is 9. The van der Waals surface area contributed by atoms with E-state index in [-0.39, 0.29) is 17.7 Å². The minimum atomic E-state index is -0.0342. The fourth-order valence-corrected chi connectivity index (χ4v) is 5.71. The van der Waals surface area contributed by atoms with Gasteiger partial charge in [0.25, 0.3) is 0 Å². The van der Waals surface area contributed by atoms with Crippen molar-refractivity contribution in [2.45, 2.75) is 39.3 Å². The molecule has 212 valence electrons. The normalized spacial score (nSPS) is 16.2. The molecule has 1 N–H and O–H groups in total. The van der Waals surface area contributed by atoms with E-state index in [4.69, 9.17) is 14.7 Å². The fraction of sp³-hybridized carbons (Fsp3) is 0.452. The first kappa shape index (κ1) is 27.7. The molecule has 1 amide bonds. The number of anilines is 2. The molecule has 2 aliphatic rings. The number of fused-ring (bicyclic) bond motifs is 2. The summed E-state index contributed by atoms with van der Waals surface area (Å²) in [6.45, 7) is 13.4. The van der Waals surface area contributed by atoms with Gasteiger partial charge >= 0.3 is 6.01 Å². The predicted octanol–water partition coefficient (Wildman–Crippen LogP) is 3.84. The van der Waals surface area contributed by atoms with E-state index in [2.05, 4.69) is 48.2 Å². The van der Waals surface area contributed by atoms with Crippen molar-refractivity contribution in [3.8, 4) is 11.8 Å². The van der Waals surface area contributed by atoms with Gasteiger partial charge in [-0.05, 0) is 44.0 Å². The van der Waals surface area contributed by atoms with Crippen LogP contribution in [-0.2, 0) is 17.8 Å². The number of nitrogens with zero attached hydrogens (tertiary/aromatic N) is 6. The summed E-state index contributed by atoms with van der Waals surface area (Å²) in [4.78, 5) is 30.7. The van der Waals surface area contributed by atoms with Crippen molar-refractivity contribution in [1.29, 1.82) is 0 Å². The molecule has 1 atom stereocenters. The third-order valence-electron chi connectivity index (χ3n) is 8.25. The number of ether oxygens (including phenoxy) is 1. The monoisotopic (exact) mass is 544 g/mol. The first-order valence-corrected chi connectivity index (χ1v) is 14.3. The number of hydrogen-bond donors (Lipinski definition) is 1. The average molecular weight is 545 g/mol. The van der Waals surface area contributed by atoms with Crippen LogP contribution in [-0.4, -0.2) is 89.7 Å². The first-order valence-electron chi connectivity index (χ1n) is 14.3. The topological polar surface area (TPSA) is 85.3 Å². The molecule has 5 rings (SSSR count). The molecular weight excluding hydrogens is 504 g/mol. The third kappa shape index (κ3) is 5.70. The molecule has 1 saturated heterocycles. The summed E-state index contributed by atoms with van der Waals surface area (Å²) in [5.74, 6) is 1.13. The fourth-order valence-electron chi connectivity index (χ4n) is 5.71. The zero-order valence-corrected chi connectivity index (χ0v) is 23.8. The second-order valence-electron chi connectivity index (χ2n) is 10.6. The Labute approximate surface area is 236 Å². The van der Waals surface area contributed by atoms with Crippen molar-refractivity contribution >= 4 is 28.2 Å². The molecule has 2 aliphatic heterocycles. The van der Waals surface area contributed by atoms with Crippen LogP contribution in [0.3, 0.4) is 0 Å². The number of phenolic OH excluding ortho intramolecular Hbond substituents is 1. The number of phenols is 1. The van der Waals surface area contributed by atoms with Crippen molar-refractivity contribution in [2.75, 3.05) is 62.7 Å². The summed E-state index contributed by atoms with van der Waals surface area (Å²) in [7, 11) is 2.11. The van der Waals surface area contributed by atoms with Crippen molar-refractivity contribution < 1.29 is 14.6 Å². The van der Waals surface area contributed by atoms with E-state index in [9.17, 15) is 9.90 Å².